The predicted octanol–water partition coefficient (Wildman–Crippen LogP) is 5.98. The van der Waals surface area contributed by atoms with Crippen LogP contribution in [0.4, 0.5) is 0 Å². The van der Waals surface area contributed by atoms with E-state index >= 15 is 0 Å². The topological polar surface area (TPSA) is 68.2 Å². The van der Waals surface area contributed by atoms with Gasteiger partial charge in [0.2, 0.25) is 5.91 Å². The summed E-state index contributed by atoms with van der Waals surface area (Å²) in [6.07, 6.45) is 1.60. The minimum absolute atomic E-state index is 0.0468. The fraction of sp³-hybridized carbons (Fsp3) is 0.276. The molecule has 2 atom stereocenters. The van der Waals surface area contributed by atoms with Crippen molar-refractivity contribution < 1.29 is 19.1 Å². The van der Waals surface area contributed by atoms with Crippen molar-refractivity contribution in [3.05, 3.63) is 83.4 Å². The number of methoxy groups -OCH3 is 1. The summed E-state index contributed by atoms with van der Waals surface area (Å²) in [6, 6.07) is 20.7. The van der Waals surface area contributed by atoms with Crippen LogP contribution in [0.2, 0.25) is 0 Å². The second-order valence-electron chi connectivity index (χ2n) is 8.65. The van der Waals surface area contributed by atoms with Crippen LogP contribution in [0, 0.1) is 0 Å². The van der Waals surface area contributed by atoms with Crippen LogP contribution >= 0.6 is 11.8 Å². The molecule has 1 saturated heterocycles. The second kappa shape index (κ2) is 10.2. The number of carbonyl (C=O) groups is 2. The molecule has 3 aromatic carbocycles. The molecule has 0 saturated carbocycles. The average molecular weight is 501 g/mol. The molecular formula is C29H28N2O4S. The van der Waals surface area contributed by atoms with Crippen molar-refractivity contribution >= 4 is 45.3 Å². The average Bonchev–Trinajstić information content (AvgIpc) is 3.22. The van der Waals surface area contributed by atoms with E-state index in [4.69, 9.17) is 14.5 Å². The molecule has 5 rings (SSSR count). The third-order valence-electron chi connectivity index (χ3n) is 6.48. The largest absolute Gasteiger partial charge is 0.496 e. The van der Waals surface area contributed by atoms with Gasteiger partial charge in [-0.15, -0.1) is 0 Å². The Morgan fingerprint density at radius 1 is 1.03 bits per heavy atom. The van der Waals surface area contributed by atoms with Gasteiger partial charge in [-0.05, 0) is 30.2 Å². The molecule has 0 unspecified atom stereocenters. The Hall–Kier alpha value is -3.58. The normalized spacial score (nSPS) is 19.4. The van der Waals surface area contributed by atoms with E-state index in [1.165, 1.54) is 11.8 Å². The number of esters is 1. The quantitative estimate of drug-likeness (QED) is 0.374. The lowest BCUT2D eigenvalue weighted by Crippen LogP contribution is -2.41. The molecule has 3 aromatic rings. The van der Waals surface area contributed by atoms with E-state index in [1.807, 2.05) is 66.7 Å². The lowest BCUT2D eigenvalue weighted by Gasteiger charge is -2.35. The summed E-state index contributed by atoms with van der Waals surface area (Å²) in [7, 11) is 1.61. The van der Waals surface area contributed by atoms with Gasteiger partial charge in [-0.1, -0.05) is 85.8 Å². The number of nitrogens with zero attached hydrogens (tertiary/aromatic N) is 2. The second-order valence-corrected chi connectivity index (χ2v) is 9.82. The maximum atomic E-state index is 13.8. The zero-order chi connectivity index (χ0) is 25.2. The first-order valence-corrected chi connectivity index (χ1v) is 13.1. The monoisotopic (exact) mass is 500 g/mol. The van der Waals surface area contributed by atoms with E-state index in [1.54, 1.807) is 18.9 Å². The number of aliphatic imine (C=N–C) groups is 1. The van der Waals surface area contributed by atoms with Crippen molar-refractivity contribution in [3.63, 3.8) is 0 Å². The maximum absolute atomic E-state index is 13.8. The summed E-state index contributed by atoms with van der Waals surface area (Å²) >= 11 is 1.47. The summed E-state index contributed by atoms with van der Waals surface area (Å²) in [6.45, 7) is 4.05. The summed E-state index contributed by atoms with van der Waals surface area (Å²) in [4.78, 5) is 34.1. The number of fused-ring (bicyclic) bond motifs is 2. The van der Waals surface area contributed by atoms with Crippen LogP contribution < -0.4 is 4.74 Å². The molecule has 2 heterocycles. The Labute approximate surface area is 215 Å². The standard InChI is InChI=1S/C29H28N2O4S/c1-4-11-22-27(32)31-26(23-20-15-10-9-12-18(20)16-17-21(23)34-3)24(28(33)35-5-2)25(30-29(31)36-22)19-13-7-6-8-14-19/h6-10,12-17,22,26H,4-5,11H2,1-3H3/t22-,26-/m0/s1. The zero-order valence-corrected chi connectivity index (χ0v) is 21.4. The highest BCUT2D eigenvalue weighted by molar-refractivity contribution is 8.15. The molecule has 0 N–H and O–H groups in total. The Morgan fingerprint density at radius 2 is 1.78 bits per heavy atom. The van der Waals surface area contributed by atoms with Crippen molar-refractivity contribution in [3.8, 4) is 5.75 Å². The van der Waals surface area contributed by atoms with Gasteiger partial charge in [-0.2, -0.15) is 0 Å². The summed E-state index contributed by atoms with van der Waals surface area (Å²) < 4.78 is 11.4. The summed E-state index contributed by atoms with van der Waals surface area (Å²) in [5.74, 6) is 0.0660. The Kier molecular flexibility index (Phi) is 6.83. The summed E-state index contributed by atoms with van der Waals surface area (Å²) in [5, 5.41) is 2.25. The first-order chi connectivity index (χ1) is 17.6. The van der Waals surface area contributed by atoms with Crippen LogP contribution in [0.5, 0.6) is 5.75 Å². The number of amides is 1. The molecule has 0 bridgehead atoms. The minimum atomic E-state index is -0.741. The zero-order valence-electron chi connectivity index (χ0n) is 20.6. The van der Waals surface area contributed by atoms with E-state index in [0.29, 0.717) is 22.2 Å². The van der Waals surface area contributed by atoms with Crippen LogP contribution in [0.15, 0.2) is 77.3 Å². The molecule has 1 amide bonds. The number of thioether (sulfide) groups is 1. The third-order valence-corrected chi connectivity index (χ3v) is 7.70. The van der Waals surface area contributed by atoms with Crippen molar-refractivity contribution in [2.75, 3.05) is 13.7 Å². The van der Waals surface area contributed by atoms with E-state index in [9.17, 15) is 9.59 Å². The van der Waals surface area contributed by atoms with Gasteiger partial charge in [0, 0.05) is 11.1 Å². The highest BCUT2D eigenvalue weighted by atomic mass is 32.2. The molecule has 6 nitrogen and oxygen atoms in total. The van der Waals surface area contributed by atoms with Crippen LogP contribution in [0.25, 0.3) is 16.5 Å². The number of ether oxygens (including phenoxy) is 2. The van der Waals surface area contributed by atoms with Gasteiger partial charge in [0.1, 0.15) is 11.8 Å². The molecule has 2 aliphatic rings. The van der Waals surface area contributed by atoms with E-state index in [0.717, 1.165) is 34.7 Å². The fourth-order valence-electron chi connectivity index (χ4n) is 4.90. The lowest BCUT2D eigenvalue weighted by atomic mass is 9.88. The molecule has 1 fully saturated rings. The minimum Gasteiger partial charge on any atom is -0.496 e. The highest BCUT2D eigenvalue weighted by Gasteiger charge is 2.49. The van der Waals surface area contributed by atoms with E-state index < -0.39 is 12.0 Å². The van der Waals surface area contributed by atoms with Crippen molar-refractivity contribution in [1.82, 2.24) is 4.90 Å². The van der Waals surface area contributed by atoms with Crippen molar-refractivity contribution in [2.45, 2.75) is 38.0 Å². The van der Waals surface area contributed by atoms with E-state index in [-0.39, 0.29) is 17.8 Å². The smallest absolute Gasteiger partial charge is 0.338 e. The molecule has 2 aliphatic heterocycles. The SMILES string of the molecule is CCC[C@@H]1SC2=NC(c3ccccc3)=C(C(=O)OCC)[C@H](c3c(OC)ccc4ccccc34)N2C1=O. The predicted molar refractivity (Wildman–Crippen MR) is 144 cm³/mol. The van der Waals surface area contributed by atoms with E-state index in [2.05, 4.69) is 6.92 Å². The van der Waals surface area contributed by atoms with Crippen molar-refractivity contribution in [1.29, 1.82) is 0 Å². The number of amidine groups is 1. The first-order valence-electron chi connectivity index (χ1n) is 12.2. The van der Waals surface area contributed by atoms with Gasteiger partial charge in [0.15, 0.2) is 5.17 Å². The number of rotatable bonds is 7. The molecule has 0 radical (unpaired) electrons. The lowest BCUT2D eigenvalue weighted by molar-refractivity contribution is -0.139. The number of hydrogen-bond acceptors (Lipinski definition) is 6. The molecule has 184 valence electrons. The molecule has 7 heteroatoms. The fourth-order valence-corrected chi connectivity index (χ4v) is 6.18. The van der Waals surface area contributed by atoms with Crippen LogP contribution in [0.1, 0.15) is 43.9 Å². The Morgan fingerprint density at radius 3 is 2.50 bits per heavy atom. The van der Waals surface area contributed by atoms with Crippen LogP contribution in [0.3, 0.4) is 0 Å². The summed E-state index contributed by atoms with van der Waals surface area (Å²) in [5.41, 5.74) is 2.42. The van der Waals surface area contributed by atoms with Crippen LogP contribution in [-0.2, 0) is 14.3 Å². The molecule has 36 heavy (non-hydrogen) atoms. The third kappa shape index (κ3) is 4.07. The van der Waals surface area contributed by atoms with Gasteiger partial charge in [0.25, 0.3) is 0 Å². The van der Waals surface area contributed by atoms with Gasteiger partial charge in [-0.25, -0.2) is 9.79 Å². The Bertz CT molecular complexity index is 1380. The molecule has 0 spiro atoms. The number of benzene rings is 3. The highest BCUT2D eigenvalue weighted by Crippen LogP contribution is 2.50. The number of hydrogen-bond donors (Lipinski definition) is 0. The van der Waals surface area contributed by atoms with Gasteiger partial charge >= 0.3 is 5.97 Å². The number of carbonyl (C=O) groups excluding carboxylic acids is 2. The van der Waals surface area contributed by atoms with Gasteiger partial charge < -0.3 is 9.47 Å². The first kappa shape index (κ1) is 24.1. The Balaban J connectivity index is 1.85. The molecular weight excluding hydrogens is 472 g/mol. The van der Waals surface area contributed by atoms with Crippen molar-refractivity contribution in [2.24, 2.45) is 4.99 Å². The molecule has 0 aromatic heterocycles. The van der Waals surface area contributed by atoms with Gasteiger partial charge in [0.05, 0.1) is 30.2 Å². The molecule has 0 aliphatic carbocycles. The van der Waals surface area contributed by atoms with Crippen LogP contribution in [-0.4, -0.2) is 40.9 Å². The van der Waals surface area contributed by atoms with Gasteiger partial charge in [-0.3, -0.25) is 9.69 Å². The maximum Gasteiger partial charge on any atom is 0.338 e.